The number of nitrogens with zero attached hydrogens (tertiary/aromatic N) is 1. The summed E-state index contributed by atoms with van der Waals surface area (Å²) in [6.45, 7) is 0. The molecule has 0 radical (unpaired) electrons. The van der Waals surface area contributed by atoms with Crippen LogP contribution in [0.1, 0.15) is 32.1 Å². The van der Waals surface area contributed by atoms with Crippen molar-refractivity contribution in [1.82, 2.24) is 0 Å². The predicted molar refractivity (Wildman–Crippen MR) is 54.4 cm³/mol. The first kappa shape index (κ1) is 8.27. The molecule has 0 heterocycles. The highest BCUT2D eigenvalue weighted by molar-refractivity contribution is 9.10. The van der Waals surface area contributed by atoms with E-state index in [4.69, 9.17) is 5.21 Å². The van der Waals surface area contributed by atoms with Crippen molar-refractivity contribution in [2.24, 2.45) is 22.9 Å². The molecule has 0 spiro atoms. The van der Waals surface area contributed by atoms with Crippen LogP contribution >= 0.6 is 15.9 Å². The molecule has 4 aliphatic carbocycles. The Morgan fingerprint density at radius 2 is 1.85 bits per heavy atom. The summed E-state index contributed by atoms with van der Waals surface area (Å²) in [5.74, 6) is 2.05. The van der Waals surface area contributed by atoms with Gasteiger partial charge in [0.2, 0.25) is 0 Å². The molecule has 4 bridgehead atoms. The third-order valence-corrected chi connectivity index (χ3v) is 5.04. The van der Waals surface area contributed by atoms with Gasteiger partial charge in [0.05, 0.1) is 5.71 Å². The lowest BCUT2D eigenvalue weighted by Gasteiger charge is -2.54. The van der Waals surface area contributed by atoms with Crippen LogP contribution in [0.2, 0.25) is 0 Å². The summed E-state index contributed by atoms with van der Waals surface area (Å²) < 4.78 is 0.400. The third-order valence-electron chi connectivity index (χ3n) is 4.07. The lowest BCUT2D eigenvalue weighted by atomic mass is 9.55. The highest BCUT2D eigenvalue weighted by Crippen LogP contribution is 2.57. The van der Waals surface area contributed by atoms with E-state index in [1.807, 2.05) is 0 Å². The second-order valence-electron chi connectivity index (χ2n) is 5.02. The van der Waals surface area contributed by atoms with E-state index in [1.54, 1.807) is 0 Å². The largest absolute Gasteiger partial charge is 0.411 e. The molecule has 4 aliphatic rings. The molecule has 2 nitrogen and oxygen atoms in total. The van der Waals surface area contributed by atoms with Crippen molar-refractivity contribution in [2.75, 3.05) is 0 Å². The van der Waals surface area contributed by atoms with Crippen molar-refractivity contribution >= 4 is 21.6 Å². The summed E-state index contributed by atoms with van der Waals surface area (Å²) in [5.41, 5.74) is 1.10. The number of oxime groups is 1. The van der Waals surface area contributed by atoms with Crippen LogP contribution in [0.3, 0.4) is 0 Å². The lowest BCUT2D eigenvalue weighted by Crippen LogP contribution is -2.52. The van der Waals surface area contributed by atoms with Crippen molar-refractivity contribution in [2.45, 2.75) is 36.4 Å². The van der Waals surface area contributed by atoms with E-state index in [1.165, 1.54) is 32.1 Å². The summed E-state index contributed by atoms with van der Waals surface area (Å²) in [4.78, 5) is 0. The average Bonchev–Trinajstić information content (AvgIpc) is 2.00. The molecule has 1 N–H and O–H groups in total. The monoisotopic (exact) mass is 243 g/mol. The quantitative estimate of drug-likeness (QED) is 0.396. The van der Waals surface area contributed by atoms with E-state index in [2.05, 4.69) is 21.1 Å². The smallest absolute Gasteiger partial charge is 0.0633 e. The average molecular weight is 244 g/mol. The molecule has 0 aromatic carbocycles. The molecule has 3 heteroatoms. The molecule has 0 amide bonds. The van der Waals surface area contributed by atoms with Gasteiger partial charge < -0.3 is 5.21 Å². The van der Waals surface area contributed by atoms with Crippen LogP contribution in [0.4, 0.5) is 0 Å². The molecule has 0 saturated heterocycles. The molecule has 4 fully saturated rings. The van der Waals surface area contributed by atoms with E-state index >= 15 is 0 Å². The Kier molecular flexibility index (Phi) is 1.59. The minimum absolute atomic E-state index is 0.400. The molecule has 2 unspecified atom stereocenters. The fraction of sp³-hybridized carbons (Fsp3) is 0.900. The van der Waals surface area contributed by atoms with Gasteiger partial charge in [0.1, 0.15) is 0 Å². The standard InChI is InChI=1S/C10H14BrNO/c11-10-3-6-1-7(4-10)9(12-13)8(2-6)5-10/h6-8,13H,1-5H2. The zero-order chi connectivity index (χ0) is 9.05. The Labute approximate surface area is 86.5 Å². The maximum Gasteiger partial charge on any atom is 0.0633 e. The lowest BCUT2D eigenvalue weighted by molar-refractivity contribution is 0.129. The van der Waals surface area contributed by atoms with Gasteiger partial charge >= 0.3 is 0 Å². The molecular formula is C10H14BrNO. The maximum atomic E-state index is 8.95. The summed E-state index contributed by atoms with van der Waals surface area (Å²) in [7, 11) is 0. The van der Waals surface area contributed by atoms with Crippen molar-refractivity contribution in [1.29, 1.82) is 0 Å². The van der Waals surface area contributed by atoms with Gasteiger partial charge in [0, 0.05) is 16.2 Å². The summed E-state index contributed by atoms with van der Waals surface area (Å²) in [5, 5.41) is 12.5. The summed E-state index contributed by atoms with van der Waals surface area (Å²) in [6, 6.07) is 0. The van der Waals surface area contributed by atoms with Crippen LogP contribution in [0.25, 0.3) is 0 Å². The number of hydrogen-bond acceptors (Lipinski definition) is 2. The van der Waals surface area contributed by atoms with Crippen LogP contribution in [0.5, 0.6) is 0 Å². The molecule has 0 aliphatic heterocycles. The van der Waals surface area contributed by atoms with Gasteiger partial charge in [0.25, 0.3) is 0 Å². The van der Waals surface area contributed by atoms with E-state index in [-0.39, 0.29) is 0 Å². The fourth-order valence-electron chi connectivity index (χ4n) is 3.83. The molecule has 2 atom stereocenters. The van der Waals surface area contributed by atoms with E-state index in [9.17, 15) is 0 Å². The molecular weight excluding hydrogens is 230 g/mol. The van der Waals surface area contributed by atoms with Gasteiger partial charge in [-0.05, 0) is 38.0 Å². The number of rotatable bonds is 0. The molecule has 13 heavy (non-hydrogen) atoms. The summed E-state index contributed by atoms with van der Waals surface area (Å²) in [6.07, 6.45) is 6.27. The van der Waals surface area contributed by atoms with Crippen LogP contribution in [-0.4, -0.2) is 15.2 Å². The normalized spacial score (nSPS) is 52.7. The van der Waals surface area contributed by atoms with Crippen molar-refractivity contribution in [3.05, 3.63) is 0 Å². The SMILES string of the molecule is ON=C1C2CC3CC1CC(Br)(C3)C2. The summed E-state index contributed by atoms with van der Waals surface area (Å²) >= 11 is 3.88. The molecule has 0 aromatic heterocycles. The highest BCUT2D eigenvalue weighted by atomic mass is 79.9. The van der Waals surface area contributed by atoms with Gasteiger partial charge in [-0.15, -0.1) is 0 Å². The van der Waals surface area contributed by atoms with E-state index < -0.39 is 0 Å². The van der Waals surface area contributed by atoms with E-state index in [0.717, 1.165) is 11.6 Å². The second-order valence-corrected chi connectivity index (χ2v) is 6.70. The van der Waals surface area contributed by atoms with E-state index in [0.29, 0.717) is 16.2 Å². The molecule has 4 rings (SSSR count). The Balaban J connectivity index is 1.98. The van der Waals surface area contributed by atoms with Crippen molar-refractivity contribution in [3.8, 4) is 0 Å². The van der Waals surface area contributed by atoms with Gasteiger partial charge in [-0.1, -0.05) is 21.1 Å². The Bertz CT molecular complexity index is 258. The third kappa shape index (κ3) is 1.09. The molecule has 72 valence electrons. The van der Waals surface area contributed by atoms with Gasteiger partial charge in [0.15, 0.2) is 0 Å². The first-order valence-corrected chi connectivity index (χ1v) is 5.90. The zero-order valence-electron chi connectivity index (χ0n) is 7.54. The van der Waals surface area contributed by atoms with Gasteiger partial charge in [-0.3, -0.25) is 0 Å². The Morgan fingerprint density at radius 1 is 1.23 bits per heavy atom. The minimum Gasteiger partial charge on any atom is -0.411 e. The van der Waals surface area contributed by atoms with Gasteiger partial charge in [-0.2, -0.15) is 0 Å². The van der Waals surface area contributed by atoms with Crippen LogP contribution in [0.15, 0.2) is 5.16 Å². The molecule has 0 aromatic rings. The Morgan fingerprint density at radius 3 is 2.31 bits per heavy atom. The van der Waals surface area contributed by atoms with Gasteiger partial charge in [-0.25, -0.2) is 0 Å². The maximum absolute atomic E-state index is 8.95. The molecule has 4 saturated carbocycles. The highest BCUT2D eigenvalue weighted by Gasteiger charge is 2.53. The first-order valence-electron chi connectivity index (χ1n) is 5.11. The van der Waals surface area contributed by atoms with Crippen LogP contribution < -0.4 is 0 Å². The number of halogens is 1. The van der Waals surface area contributed by atoms with Crippen LogP contribution in [0, 0.1) is 17.8 Å². The first-order chi connectivity index (χ1) is 6.20. The predicted octanol–water partition coefficient (Wildman–Crippen LogP) is 2.79. The van der Waals surface area contributed by atoms with Crippen molar-refractivity contribution < 1.29 is 5.21 Å². The number of hydrogen-bond donors (Lipinski definition) is 1. The van der Waals surface area contributed by atoms with Crippen LogP contribution in [-0.2, 0) is 0 Å². The zero-order valence-corrected chi connectivity index (χ0v) is 9.13. The second kappa shape index (κ2) is 2.50. The minimum atomic E-state index is 0.400. The number of alkyl halides is 1. The topological polar surface area (TPSA) is 32.6 Å². The fourth-order valence-corrected chi connectivity index (χ4v) is 5.07. The van der Waals surface area contributed by atoms with Crippen molar-refractivity contribution in [3.63, 3.8) is 0 Å². The Hall–Kier alpha value is -0.0500.